The number of hydrogen-bond acceptors (Lipinski definition) is 1. The summed E-state index contributed by atoms with van der Waals surface area (Å²) in [5.74, 6) is -1.09. The van der Waals surface area contributed by atoms with Crippen LogP contribution in [0.15, 0.2) is 49.0 Å². The topological polar surface area (TPSA) is 9.23 Å². The number of halogens is 1. The first-order valence-corrected chi connectivity index (χ1v) is 9.40. The van der Waals surface area contributed by atoms with E-state index in [1.807, 2.05) is 26.0 Å². The molecule has 2 heteroatoms. The Morgan fingerprint density at radius 3 is 2.23 bits per heavy atom. The standard InChI is InChI=1S/C24H31FO/c1-8-22(19(6)20-11-9-17(4)10-12-20)23-14-13-21(15-18(23)5)26-24(7,25)16(2)3/h9-16,22H,6,8H2,1-5,7H3. The van der Waals surface area contributed by atoms with Gasteiger partial charge in [0.2, 0.25) is 5.85 Å². The van der Waals surface area contributed by atoms with Crippen LogP contribution in [-0.2, 0) is 0 Å². The van der Waals surface area contributed by atoms with Gasteiger partial charge in [-0.25, -0.2) is 0 Å². The Balaban J connectivity index is 2.28. The molecular weight excluding hydrogens is 323 g/mol. The second-order valence-corrected chi connectivity index (χ2v) is 7.61. The van der Waals surface area contributed by atoms with E-state index in [0.717, 1.165) is 17.6 Å². The summed E-state index contributed by atoms with van der Waals surface area (Å²) in [5.41, 5.74) is 5.84. The van der Waals surface area contributed by atoms with Gasteiger partial charge in [-0.1, -0.05) is 63.2 Å². The van der Waals surface area contributed by atoms with Crippen molar-refractivity contribution >= 4 is 5.57 Å². The Bertz CT molecular complexity index is 756. The summed E-state index contributed by atoms with van der Waals surface area (Å²) in [6, 6.07) is 14.3. The van der Waals surface area contributed by atoms with Crippen LogP contribution in [0.2, 0.25) is 0 Å². The van der Waals surface area contributed by atoms with Crippen molar-refractivity contribution in [3.63, 3.8) is 0 Å². The van der Waals surface area contributed by atoms with Crippen LogP contribution in [0.1, 0.15) is 62.3 Å². The predicted molar refractivity (Wildman–Crippen MR) is 109 cm³/mol. The number of benzene rings is 2. The quantitative estimate of drug-likeness (QED) is 0.509. The van der Waals surface area contributed by atoms with E-state index in [9.17, 15) is 4.39 Å². The van der Waals surface area contributed by atoms with Gasteiger partial charge in [0.25, 0.3) is 0 Å². The zero-order valence-electron chi connectivity index (χ0n) is 16.9. The average Bonchev–Trinajstić information content (AvgIpc) is 2.57. The summed E-state index contributed by atoms with van der Waals surface area (Å²) >= 11 is 0. The number of ether oxygens (including phenoxy) is 1. The van der Waals surface area contributed by atoms with E-state index in [0.29, 0.717) is 5.75 Å². The maximum Gasteiger partial charge on any atom is 0.247 e. The maximum atomic E-state index is 14.5. The molecular formula is C24H31FO. The second-order valence-electron chi connectivity index (χ2n) is 7.61. The van der Waals surface area contributed by atoms with Gasteiger partial charge >= 0.3 is 0 Å². The highest BCUT2D eigenvalue weighted by atomic mass is 19.2. The molecule has 2 unspecified atom stereocenters. The molecule has 2 aromatic rings. The normalized spacial score (nSPS) is 14.8. The molecule has 2 rings (SSSR count). The van der Waals surface area contributed by atoms with Crippen LogP contribution in [-0.4, -0.2) is 5.85 Å². The molecule has 1 nitrogen and oxygen atoms in total. The molecule has 0 aliphatic heterocycles. The van der Waals surface area contributed by atoms with Crippen LogP contribution in [0, 0.1) is 19.8 Å². The van der Waals surface area contributed by atoms with Crippen molar-refractivity contribution in [2.24, 2.45) is 5.92 Å². The van der Waals surface area contributed by atoms with E-state index in [1.165, 1.54) is 23.6 Å². The van der Waals surface area contributed by atoms with Gasteiger partial charge in [0.05, 0.1) is 0 Å². The molecule has 0 aliphatic rings. The van der Waals surface area contributed by atoms with Crippen molar-refractivity contribution in [1.82, 2.24) is 0 Å². The van der Waals surface area contributed by atoms with E-state index in [1.54, 1.807) is 0 Å². The summed E-state index contributed by atoms with van der Waals surface area (Å²) < 4.78 is 20.1. The fourth-order valence-electron chi connectivity index (χ4n) is 3.07. The average molecular weight is 355 g/mol. The number of alkyl halides is 1. The third-order valence-electron chi connectivity index (χ3n) is 5.22. The van der Waals surface area contributed by atoms with E-state index in [4.69, 9.17) is 4.74 Å². The molecule has 2 aromatic carbocycles. The molecule has 0 aliphatic carbocycles. The lowest BCUT2D eigenvalue weighted by Gasteiger charge is -2.27. The third kappa shape index (κ3) is 4.55. The molecule has 0 radical (unpaired) electrons. The van der Waals surface area contributed by atoms with Crippen molar-refractivity contribution < 1.29 is 9.13 Å². The molecule has 0 N–H and O–H groups in total. The van der Waals surface area contributed by atoms with Gasteiger partial charge < -0.3 is 4.74 Å². The molecule has 0 amide bonds. The van der Waals surface area contributed by atoms with Crippen LogP contribution in [0.5, 0.6) is 5.75 Å². The minimum Gasteiger partial charge on any atom is -0.458 e. The molecule has 0 saturated heterocycles. The first kappa shape index (κ1) is 20.2. The van der Waals surface area contributed by atoms with Crippen molar-refractivity contribution in [3.05, 3.63) is 71.3 Å². The molecule has 0 spiro atoms. The molecule has 140 valence electrons. The maximum absolute atomic E-state index is 14.5. The summed E-state index contributed by atoms with van der Waals surface area (Å²) in [6.45, 7) is 15.8. The molecule has 0 heterocycles. The van der Waals surface area contributed by atoms with Crippen molar-refractivity contribution in [3.8, 4) is 5.75 Å². The molecule has 26 heavy (non-hydrogen) atoms. The second kappa shape index (κ2) is 8.07. The highest BCUT2D eigenvalue weighted by Gasteiger charge is 2.30. The Morgan fingerprint density at radius 2 is 1.73 bits per heavy atom. The zero-order valence-corrected chi connectivity index (χ0v) is 16.9. The fourth-order valence-corrected chi connectivity index (χ4v) is 3.07. The predicted octanol–water partition coefficient (Wildman–Crippen LogP) is 7.23. The Kier molecular flexibility index (Phi) is 6.28. The van der Waals surface area contributed by atoms with Gasteiger partial charge in [0, 0.05) is 18.8 Å². The zero-order chi connectivity index (χ0) is 19.5. The van der Waals surface area contributed by atoms with Crippen LogP contribution < -0.4 is 4.74 Å². The highest BCUT2D eigenvalue weighted by molar-refractivity contribution is 5.70. The van der Waals surface area contributed by atoms with Gasteiger partial charge in [-0.05, 0) is 54.7 Å². The van der Waals surface area contributed by atoms with Crippen LogP contribution in [0.25, 0.3) is 5.57 Å². The molecule has 0 fully saturated rings. The number of aryl methyl sites for hydroxylation is 2. The summed E-state index contributed by atoms with van der Waals surface area (Å²) in [5, 5.41) is 0. The van der Waals surface area contributed by atoms with Gasteiger partial charge in [-0.15, -0.1) is 0 Å². The minimum absolute atomic E-state index is 0.216. The van der Waals surface area contributed by atoms with Gasteiger partial charge in [0.1, 0.15) is 5.75 Å². The van der Waals surface area contributed by atoms with E-state index in [-0.39, 0.29) is 11.8 Å². The third-order valence-corrected chi connectivity index (χ3v) is 5.22. The smallest absolute Gasteiger partial charge is 0.247 e. The minimum atomic E-state index is -1.68. The Hall–Kier alpha value is -2.09. The van der Waals surface area contributed by atoms with Crippen molar-refractivity contribution in [2.45, 2.75) is 59.7 Å². The lowest BCUT2D eigenvalue weighted by Crippen LogP contribution is -2.32. The Labute approximate surface area is 157 Å². The van der Waals surface area contributed by atoms with Gasteiger partial charge in [-0.3, -0.25) is 0 Å². The number of allylic oxidation sites excluding steroid dienone is 1. The fraction of sp³-hybridized carbons (Fsp3) is 0.417. The first-order chi connectivity index (χ1) is 12.2. The largest absolute Gasteiger partial charge is 0.458 e. The number of hydrogen-bond donors (Lipinski definition) is 0. The van der Waals surface area contributed by atoms with E-state index in [2.05, 4.69) is 57.7 Å². The summed E-state index contributed by atoms with van der Waals surface area (Å²) in [6.07, 6.45) is 0.959. The van der Waals surface area contributed by atoms with Crippen molar-refractivity contribution in [2.75, 3.05) is 0 Å². The monoisotopic (exact) mass is 354 g/mol. The summed E-state index contributed by atoms with van der Waals surface area (Å²) in [7, 11) is 0. The van der Waals surface area contributed by atoms with Crippen LogP contribution in [0.3, 0.4) is 0 Å². The van der Waals surface area contributed by atoms with Gasteiger partial charge in [-0.2, -0.15) is 4.39 Å². The lowest BCUT2D eigenvalue weighted by atomic mass is 9.83. The van der Waals surface area contributed by atoms with Crippen molar-refractivity contribution in [1.29, 1.82) is 0 Å². The SMILES string of the molecule is C=C(c1ccc(C)cc1)C(CC)c1ccc(OC(C)(F)C(C)C)cc1C. The lowest BCUT2D eigenvalue weighted by molar-refractivity contribution is -0.0832. The van der Waals surface area contributed by atoms with E-state index >= 15 is 0 Å². The Morgan fingerprint density at radius 1 is 1.12 bits per heavy atom. The van der Waals surface area contributed by atoms with E-state index < -0.39 is 5.85 Å². The summed E-state index contributed by atoms with van der Waals surface area (Å²) in [4.78, 5) is 0. The molecule has 2 atom stereocenters. The highest BCUT2D eigenvalue weighted by Crippen LogP contribution is 2.37. The number of rotatable bonds is 7. The van der Waals surface area contributed by atoms with Gasteiger partial charge in [0.15, 0.2) is 0 Å². The molecule has 0 aromatic heterocycles. The first-order valence-electron chi connectivity index (χ1n) is 9.40. The van der Waals surface area contributed by atoms with Crippen LogP contribution >= 0.6 is 0 Å². The molecule has 0 saturated carbocycles. The van der Waals surface area contributed by atoms with Crippen LogP contribution in [0.4, 0.5) is 4.39 Å². The molecule has 0 bridgehead atoms.